The molecule has 142 valence electrons. The van der Waals surface area contributed by atoms with Gasteiger partial charge in [0, 0.05) is 17.7 Å². The quantitative estimate of drug-likeness (QED) is 0.610. The first-order valence-electron chi connectivity index (χ1n) is 8.76. The minimum Gasteiger partial charge on any atom is -0.493 e. The van der Waals surface area contributed by atoms with E-state index in [4.69, 9.17) is 25.5 Å². The molecule has 6 nitrogen and oxygen atoms in total. The molecule has 1 amide bonds. The summed E-state index contributed by atoms with van der Waals surface area (Å²) in [6.07, 6.45) is 1.55. The van der Waals surface area contributed by atoms with Crippen LogP contribution in [-0.4, -0.2) is 24.6 Å². The summed E-state index contributed by atoms with van der Waals surface area (Å²) in [6.45, 7) is 4.48. The van der Waals surface area contributed by atoms with Crippen molar-refractivity contribution in [2.75, 3.05) is 19.0 Å². The average molecular weight is 389 g/mol. The molecular weight excluding hydrogens is 368 g/mol. The molecule has 0 radical (unpaired) electrons. The fourth-order valence-electron chi connectivity index (χ4n) is 2.60. The summed E-state index contributed by atoms with van der Waals surface area (Å²) in [5, 5.41) is 3.17. The van der Waals surface area contributed by atoms with Crippen molar-refractivity contribution in [1.82, 2.24) is 4.98 Å². The van der Waals surface area contributed by atoms with Crippen LogP contribution in [-0.2, 0) is 6.42 Å². The van der Waals surface area contributed by atoms with Crippen LogP contribution in [0, 0.1) is 0 Å². The van der Waals surface area contributed by atoms with Gasteiger partial charge in [0.2, 0.25) is 0 Å². The molecule has 0 unspecified atom stereocenters. The molecule has 3 rings (SSSR count). The average Bonchev–Trinajstić information content (AvgIpc) is 3.08. The SMILES string of the molecule is CCCOc1c(Cl)cc(C(=O)Nc2ccc3oc(CC)nc3c2)cc1OC. The van der Waals surface area contributed by atoms with E-state index in [1.54, 1.807) is 30.3 Å². The minimum absolute atomic E-state index is 0.309. The number of amides is 1. The van der Waals surface area contributed by atoms with Crippen LogP contribution in [0.4, 0.5) is 5.69 Å². The smallest absolute Gasteiger partial charge is 0.255 e. The van der Waals surface area contributed by atoms with Gasteiger partial charge in [-0.3, -0.25) is 4.79 Å². The van der Waals surface area contributed by atoms with Gasteiger partial charge in [-0.05, 0) is 36.8 Å². The molecule has 0 bridgehead atoms. The Hall–Kier alpha value is -2.73. The zero-order valence-electron chi connectivity index (χ0n) is 15.5. The van der Waals surface area contributed by atoms with Crippen molar-refractivity contribution in [3.8, 4) is 11.5 Å². The molecule has 3 aromatic rings. The molecule has 1 N–H and O–H groups in total. The maximum Gasteiger partial charge on any atom is 0.255 e. The van der Waals surface area contributed by atoms with Gasteiger partial charge in [0.25, 0.3) is 5.91 Å². The van der Waals surface area contributed by atoms with Crippen molar-refractivity contribution in [3.63, 3.8) is 0 Å². The molecule has 2 aromatic carbocycles. The Bertz CT molecular complexity index is 968. The molecule has 0 fully saturated rings. The van der Waals surface area contributed by atoms with Gasteiger partial charge >= 0.3 is 0 Å². The Kier molecular flexibility index (Phi) is 5.86. The lowest BCUT2D eigenvalue weighted by Crippen LogP contribution is -2.12. The van der Waals surface area contributed by atoms with E-state index in [0.29, 0.717) is 57.8 Å². The largest absolute Gasteiger partial charge is 0.493 e. The number of fused-ring (bicyclic) bond motifs is 1. The number of anilines is 1. The third-order valence-corrected chi connectivity index (χ3v) is 4.22. The number of methoxy groups -OCH3 is 1. The van der Waals surface area contributed by atoms with Crippen LogP contribution < -0.4 is 14.8 Å². The number of hydrogen-bond donors (Lipinski definition) is 1. The van der Waals surface area contributed by atoms with E-state index in [1.165, 1.54) is 7.11 Å². The van der Waals surface area contributed by atoms with Crippen molar-refractivity contribution < 1.29 is 18.7 Å². The zero-order chi connectivity index (χ0) is 19.4. The fourth-order valence-corrected chi connectivity index (χ4v) is 2.87. The maximum absolute atomic E-state index is 12.6. The summed E-state index contributed by atoms with van der Waals surface area (Å²) in [4.78, 5) is 17.0. The van der Waals surface area contributed by atoms with Crippen LogP contribution in [0.25, 0.3) is 11.1 Å². The lowest BCUT2D eigenvalue weighted by atomic mass is 10.1. The van der Waals surface area contributed by atoms with Gasteiger partial charge in [-0.25, -0.2) is 4.98 Å². The standard InChI is InChI=1S/C20H21ClN2O4/c1-4-8-26-19-14(21)9-12(10-17(19)25-3)20(24)22-13-6-7-16-15(11-13)23-18(5-2)27-16/h6-7,9-11H,4-5,8H2,1-3H3,(H,22,24). The van der Waals surface area contributed by atoms with Gasteiger partial charge in [-0.2, -0.15) is 0 Å². The highest BCUT2D eigenvalue weighted by atomic mass is 35.5. The second-order valence-corrected chi connectivity index (χ2v) is 6.34. The first kappa shape index (κ1) is 19.0. The Morgan fingerprint density at radius 3 is 2.78 bits per heavy atom. The van der Waals surface area contributed by atoms with Crippen molar-refractivity contribution in [1.29, 1.82) is 0 Å². The Labute approximate surface area is 162 Å². The number of aryl methyl sites for hydroxylation is 1. The van der Waals surface area contributed by atoms with E-state index < -0.39 is 0 Å². The summed E-state index contributed by atoms with van der Waals surface area (Å²) in [6, 6.07) is 8.49. The monoisotopic (exact) mass is 388 g/mol. The molecule has 0 saturated carbocycles. The van der Waals surface area contributed by atoms with Crippen LogP contribution in [0.1, 0.15) is 36.5 Å². The molecule has 0 aliphatic heterocycles. The predicted octanol–water partition coefficient (Wildman–Crippen LogP) is 5.09. The molecule has 0 aliphatic rings. The molecule has 0 saturated heterocycles. The minimum atomic E-state index is -0.309. The van der Waals surface area contributed by atoms with Crippen molar-refractivity contribution in [2.45, 2.75) is 26.7 Å². The summed E-state index contributed by atoms with van der Waals surface area (Å²) < 4.78 is 16.5. The normalized spacial score (nSPS) is 10.8. The number of halogens is 1. The summed E-state index contributed by atoms with van der Waals surface area (Å²) >= 11 is 6.29. The Morgan fingerprint density at radius 1 is 1.26 bits per heavy atom. The lowest BCUT2D eigenvalue weighted by Gasteiger charge is -2.13. The summed E-state index contributed by atoms with van der Waals surface area (Å²) in [5.41, 5.74) is 2.37. The molecule has 0 atom stereocenters. The van der Waals surface area contributed by atoms with Crippen LogP contribution in [0.3, 0.4) is 0 Å². The van der Waals surface area contributed by atoms with Gasteiger partial charge in [-0.1, -0.05) is 25.4 Å². The highest BCUT2D eigenvalue weighted by molar-refractivity contribution is 6.32. The van der Waals surface area contributed by atoms with Crippen LogP contribution in [0.2, 0.25) is 5.02 Å². The van der Waals surface area contributed by atoms with Crippen molar-refractivity contribution >= 4 is 34.3 Å². The summed E-state index contributed by atoms with van der Waals surface area (Å²) in [5.74, 6) is 1.21. The van der Waals surface area contributed by atoms with Gasteiger partial charge < -0.3 is 19.2 Å². The van der Waals surface area contributed by atoms with E-state index >= 15 is 0 Å². The lowest BCUT2D eigenvalue weighted by molar-refractivity contribution is 0.102. The molecule has 0 spiro atoms. The third kappa shape index (κ3) is 4.17. The topological polar surface area (TPSA) is 73.6 Å². The first-order valence-corrected chi connectivity index (χ1v) is 9.14. The van der Waals surface area contributed by atoms with Crippen LogP contribution >= 0.6 is 11.6 Å². The number of oxazole rings is 1. The molecule has 0 aliphatic carbocycles. The van der Waals surface area contributed by atoms with E-state index in [-0.39, 0.29) is 5.91 Å². The molecule has 1 heterocycles. The number of nitrogens with one attached hydrogen (secondary N) is 1. The number of carbonyl (C=O) groups excluding carboxylic acids is 1. The van der Waals surface area contributed by atoms with E-state index in [1.807, 2.05) is 13.8 Å². The number of benzene rings is 2. The molecular formula is C20H21ClN2O4. The number of rotatable bonds is 7. The van der Waals surface area contributed by atoms with Crippen molar-refractivity contribution in [2.24, 2.45) is 0 Å². The molecule has 1 aromatic heterocycles. The second-order valence-electron chi connectivity index (χ2n) is 5.94. The van der Waals surface area contributed by atoms with E-state index in [0.717, 1.165) is 6.42 Å². The molecule has 7 heteroatoms. The number of nitrogens with zero attached hydrogens (tertiary/aromatic N) is 1. The van der Waals surface area contributed by atoms with Crippen LogP contribution in [0.15, 0.2) is 34.7 Å². The first-order chi connectivity index (χ1) is 13.0. The van der Waals surface area contributed by atoms with Crippen LogP contribution in [0.5, 0.6) is 11.5 Å². The molecule has 27 heavy (non-hydrogen) atoms. The fraction of sp³-hybridized carbons (Fsp3) is 0.300. The van der Waals surface area contributed by atoms with Gasteiger partial charge in [0.05, 0.1) is 18.7 Å². The maximum atomic E-state index is 12.6. The number of carbonyl (C=O) groups is 1. The number of ether oxygens (including phenoxy) is 2. The summed E-state index contributed by atoms with van der Waals surface area (Å²) in [7, 11) is 1.51. The Morgan fingerprint density at radius 2 is 2.07 bits per heavy atom. The van der Waals surface area contributed by atoms with Gasteiger partial charge in [0.15, 0.2) is 23.0 Å². The van der Waals surface area contributed by atoms with Crippen molar-refractivity contribution in [3.05, 3.63) is 46.8 Å². The van der Waals surface area contributed by atoms with E-state index in [9.17, 15) is 4.79 Å². The Balaban J connectivity index is 1.84. The second kappa shape index (κ2) is 8.31. The zero-order valence-corrected chi connectivity index (χ0v) is 16.2. The van der Waals surface area contributed by atoms with E-state index in [2.05, 4.69) is 10.3 Å². The van der Waals surface area contributed by atoms with Gasteiger partial charge in [0.1, 0.15) is 5.52 Å². The highest BCUT2D eigenvalue weighted by Crippen LogP contribution is 2.36. The number of hydrogen-bond acceptors (Lipinski definition) is 5. The third-order valence-electron chi connectivity index (χ3n) is 3.93. The van der Waals surface area contributed by atoms with Gasteiger partial charge in [-0.15, -0.1) is 0 Å². The highest BCUT2D eigenvalue weighted by Gasteiger charge is 2.16. The number of aromatic nitrogens is 1. The predicted molar refractivity (Wildman–Crippen MR) is 105 cm³/mol.